The number of benzene rings is 2. The monoisotopic (exact) mass is 466 g/mol. The summed E-state index contributed by atoms with van der Waals surface area (Å²) in [7, 11) is -3.44. The van der Waals surface area contributed by atoms with E-state index in [1.54, 1.807) is 48.5 Å². The molecule has 0 bridgehead atoms. The molecule has 1 heterocycles. The van der Waals surface area contributed by atoms with Crippen LogP contribution in [0.25, 0.3) is 0 Å². The lowest BCUT2D eigenvalue weighted by molar-refractivity contribution is -0.128. The fourth-order valence-corrected chi connectivity index (χ4v) is 4.96. The second kappa shape index (κ2) is 10.8. The van der Waals surface area contributed by atoms with Crippen LogP contribution < -0.4 is 14.8 Å². The molecule has 31 heavy (non-hydrogen) atoms. The zero-order valence-corrected chi connectivity index (χ0v) is 19.0. The molecule has 9 heteroatoms. The van der Waals surface area contributed by atoms with Gasteiger partial charge in [-0.05, 0) is 55.7 Å². The summed E-state index contributed by atoms with van der Waals surface area (Å²) in [5.41, 5.74) is 0. The number of nitrogens with zero attached hydrogens (tertiary/aromatic N) is 1. The van der Waals surface area contributed by atoms with Crippen LogP contribution in [0.2, 0.25) is 5.02 Å². The molecule has 2 aromatic rings. The standard InChI is InChI=1S/C22H27ClN2O5S/c1-2-20(30-21-8-4-3-7-19(21)23)22(26)24-13-16-29-17-9-11-18(12-10-17)31(27,28)25-14-5-6-15-25/h3-4,7-12,20H,2,5-6,13-16H2,1H3,(H,24,26)/t20-/m0/s1. The molecular formula is C22H27ClN2O5S. The minimum absolute atomic E-state index is 0.243. The summed E-state index contributed by atoms with van der Waals surface area (Å²) in [6.07, 6.45) is 1.63. The van der Waals surface area contributed by atoms with Crippen molar-refractivity contribution in [2.45, 2.75) is 37.2 Å². The molecule has 1 aliphatic heterocycles. The number of hydrogen-bond acceptors (Lipinski definition) is 5. The molecule has 1 atom stereocenters. The van der Waals surface area contributed by atoms with Crippen LogP contribution in [-0.2, 0) is 14.8 Å². The van der Waals surface area contributed by atoms with E-state index in [4.69, 9.17) is 21.1 Å². The maximum Gasteiger partial charge on any atom is 0.261 e. The van der Waals surface area contributed by atoms with Crippen LogP contribution in [0.3, 0.4) is 0 Å². The molecule has 2 aromatic carbocycles. The van der Waals surface area contributed by atoms with Gasteiger partial charge in [0.15, 0.2) is 6.10 Å². The van der Waals surface area contributed by atoms with Gasteiger partial charge in [0.2, 0.25) is 10.0 Å². The summed E-state index contributed by atoms with van der Waals surface area (Å²) in [5.74, 6) is 0.749. The van der Waals surface area contributed by atoms with Gasteiger partial charge in [-0.2, -0.15) is 4.31 Å². The number of sulfonamides is 1. The van der Waals surface area contributed by atoms with Crippen molar-refractivity contribution in [3.63, 3.8) is 0 Å². The van der Waals surface area contributed by atoms with E-state index in [0.717, 1.165) is 12.8 Å². The quantitative estimate of drug-likeness (QED) is 0.542. The maximum atomic E-state index is 12.5. The highest BCUT2D eigenvalue weighted by Gasteiger charge is 2.27. The lowest BCUT2D eigenvalue weighted by atomic mass is 10.2. The van der Waals surface area contributed by atoms with Crippen molar-refractivity contribution in [1.29, 1.82) is 0 Å². The molecule has 1 saturated heterocycles. The van der Waals surface area contributed by atoms with E-state index in [0.29, 0.717) is 36.0 Å². The van der Waals surface area contributed by atoms with Crippen LogP contribution in [0, 0.1) is 0 Å². The van der Waals surface area contributed by atoms with Crippen molar-refractivity contribution in [2.75, 3.05) is 26.2 Å². The van der Waals surface area contributed by atoms with Gasteiger partial charge < -0.3 is 14.8 Å². The minimum atomic E-state index is -3.44. The molecule has 168 valence electrons. The Hall–Kier alpha value is -2.29. The molecule has 0 aliphatic carbocycles. The van der Waals surface area contributed by atoms with Crippen LogP contribution in [0.4, 0.5) is 0 Å². The first-order valence-corrected chi connectivity index (χ1v) is 12.2. The molecule has 1 N–H and O–H groups in total. The zero-order valence-electron chi connectivity index (χ0n) is 17.4. The van der Waals surface area contributed by atoms with Gasteiger partial charge in [-0.3, -0.25) is 4.79 Å². The number of carbonyl (C=O) groups is 1. The molecule has 1 fully saturated rings. The van der Waals surface area contributed by atoms with E-state index in [2.05, 4.69) is 5.32 Å². The summed E-state index contributed by atoms with van der Waals surface area (Å²) < 4.78 is 37.9. The van der Waals surface area contributed by atoms with Gasteiger partial charge >= 0.3 is 0 Å². The summed E-state index contributed by atoms with van der Waals surface area (Å²) in [4.78, 5) is 12.6. The van der Waals surface area contributed by atoms with Crippen molar-refractivity contribution in [3.8, 4) is 11.5 Å². The first-order chi connectivity index (χ1) is 14.9. The largest absolute Gasteiger partial charge is 0.492 e. The fraction of sp³-hybridized carbons (Fsp3) is 0.409. The Morgan fingerprint density at radius 2 is 1.81 bits per heavy atom. The number of halogens is 1. The van der Waals surface area contributed by atoms with E-state index in [1.165, 1.54) is 4.31 Å². The summed E-state index contributed by atoms with van der Waals surface area (Å²) in [6.45, 7) is 3.52. The highest BCUT2D eigenvalue weighted by Crippen LogP contribution is 2.25. The van der Waals surface area contributed by atoms with Crippen molar-refractivity contribution in [3.05, 3.63) is 53.6 Å². The van der Waals surface area contributed by atoms with Crippen molar-refractivity contribution >= 4 is 27.5 Å². The lowest BCUT2D eigenvalue weighted by Gasteiger charge is -2.18. The van der Waals surface area contributed by atoms with Crippen LogP contribution in [0.15, 0.2) is 53.4 Å². The van der Waals surface area contributed by atoms with Crippen molar-refractivity contribution in [2.24, 2.45) is 0 Å². The fourth-order valence-electron chi connectivity index (χ4n) is 3.26. The van der Waals surface area contributed by atoms with Gasteiger partial charge in [0.25, 0.3) is 5.91 Å². The van der Waals surface area contributed by atoms with Crippen LogP contribution >= 0.6 is 11.6 Å². The smallest absolute Gasteiger partial charge is 0.261 e. The van der Waals surface area contributed by atoms with E-state index < -0.39 is 16.1 Å². The summed E-state index contributed by atoms with van der Waals surface area (Å²) in [6, 6.07) is 13.4. The highest BCUT2D eigenvalue weighted by molar-refractivity contribution is 7.89. The number of nitrogens with one attached hydrogen (secondary N) is 1. The third-order valence-corrected chi connectivity index (χ3v) is 7.19. The molecule has 0 aromatic heterocycles. The normalized spacial score (nSPS) is 15.4. The van der Waals surface area contributed by atoms with E-state index in [1.807, 2.05) is 6.92 Å². The van der Waals surface area contributed by atoms with Gasteiger partial charge in [-0.1, -0.05) is 30.7 Å². The van der Waals surface area contributed by atoms with Crippen molar-refractivity contribution < 1.29 is 22.7 Å². The molecule has 3 rings (SSSR count). The van der Waals surface area contributed by atoms with Crippen LogP contribution in [0.5, 0.6) is 11.5 Å². The van der Waals surface area contributed by atoms with Gasteiger partial charge in [-0.15, -0.1) is 0 Å². The van der Waals surface area contributed by atoms with Gasteiger partial charge in [-0.25, -0.2) is 8.42 Å². The molecule has 1 aliphatic rings. The van der Waals surface area contributed by atoms with E-state index in [9.17, 15) is 13.2 Å². The second-order valence-electron chi connectivity index (χ2n) is 7.17. The third kappa shape index (κ3) is 6.12. The molecule has 0 unspecified atom stereocenters. The number of ether oxygens (including phenoxy) is 2. The molecule has 0 spiro atoms. The molecule has 1 amide bonds. The Bertz CT molecular complexity index is 976. The summed E-state index contributed by atoms with van der Waals surface area (Å²) in [5, 5.41) is 3.23. The average molecular weight is 467 g/mol. The highest BCUT2D eigenvalue weighted by atomic mass is 35.5. The Morgan fingerprint density at radius 1 is 1.13 bits per heavy atom. The number of para-hydroxylation sites is 1. The van der Waals surface area contributed by atoms with Gasteiger partial charge in [0.05, 0.1) is 16.5 Å². The minimum Gasteiger partial charge on any atom is -0.492 e. The van der Waals surface area contributed by atoms with Gasteiger partial charge in [0, 0.05) is 13.1 Å². The number of hydrogen-bond donors (Lipinski definition) is 1. The van der Waals surface area contributed by atoms with Crippen LogP contribution in [0.1, 0.15) is 26.2 Å². The lowest BCUT2D eigenvalue weighted by Crippen LogP contribution is -2.39. The Balaban J connectivity index is 1.45. The van der Waals surface area contributed by atoms with Crippen molar-refractivity contribution in [1.82, 2.24) is 9.62 Å². The average Bonchev–Trinajstić information content (AvgIpc) is 3.32. The first kappa shape index (κ1) is 23.4. The molecule has 0 saturated carbocycles. The summed E-state index contributed by atoms with van der Waals surface area (Å²) >= 11 is 6.08. The predicted molar refractivity (Wildman–Crippen MR) is 119 cm³/mol. The molecular weight excluding hydrogens is 440 g/mol. The molecule has 0 radical (unpaired) electrons. The first-order valence-electron chi connectivity index (χ1n) is 10.3. The third-order valence-electron chi connectivity index (χ3n) is 4.97. The maximum absolute atomic E-state index is 12.5. The predicted octanol–water partition coefficient (Wildman–Crippen LogP) is 3.48. The second-order valence-corrected chi connectivity index (χ2v) is 9.51. The molecule has 7 nitrogen and oxygen atoms in total. The Morgan fingerprint density at radius 3 is 2.45 bits per heavy atom. The zero-order chi connectivity index (χ0) is 22.3. The number of carbonyl (C=O) groups excluding carboxylic acids is 1. The van der Waals surface area contributed by atoms with Crippen LogP contribution in [-0.4, -0.2) is 51.0 Å². The SMILES string of the molecule is CC[C@H](Oc1ccccc1Cl)C(=O)NCCOc1ccc(S(=O)(=O)N2CCCC2)cc1. The Labute approximate surface area is 188 Å². The topological polar surface area (TPSA) is 84.9 Å². The Kier molecular flexibility index (Phi) is 8.17. The number of rotatable bonds is 10. The number of amides is 1. The van der Waals surface area contributed by atoms with Gasteiger partial charge in [0.1, 0.15) is 18.1 Å². The van der Waals surface area contributed by atoms with E-state index in [-0.39, 0.29) is 24.0 Å². The van der Waals surface area contributed by atoms with E-state index >= 15 is 0 Å².